The van der Waals surface area contributed by atoms with Crippen LogP contribution in [0.1, 0.15) is 16.8 Å². The number of anilines is 1. The molecule has 2 aliphatic heterocycles. The van der Waals surface area contributed by atoms with Crippen molar-refractivity contribution in [2.45, 2.75) is 12.0 Å². The molecule has 3 heterocycles. The van der Waals surface area contributed by atoms with Gasteiger partial charge in [0.15, 0.2) is 5.54 Å². The molecular formula is C20H19N3O3. The summed E-state index contributed by atoms with van der Waals surface area (Å²) < 4.78 is 10.8. The zero-order valence-electron chi connectivity index (χ0n) is 14.6. The molecule has 1 amide bonds. The Hall–Kier alpha value is -2.99. The molecule has 6 heteroatoms. The van der Waals surface area contributed by atoms with Crippen LogP contribution in [-0.4, -0.2) is 31.7 Å². The minimum atomic E-state index is -0.927. The smallest absolute Gasteiger partial charge is 0.255 e. The first-order chi connectivity index (χ1) is 12.7. The summed E-state index contributed by atoms with van der Waals surface area (Å²) in [4.78, 5) is 16.6. The van der Waals surface area contributed by atoms with Crippen LogP contribution in [0.25, 0.3) is 10.9 Å². The van der Waals surface area contributed by atoms with Crippen molar-refractivity contribution in [1.29, 1.82) is 0 Å². The van der Waals surface area contributed by atoms with Gasteiger partial charge in [-0.05, 0) is 48.4 Å². The van der Waals surface area contributed by atoms with Crippen LogP contribution >= 0.6 is 0 Å². The van der Waals surface area contributed by atoms with E-state index in [4.69, 9.17) is 9.47 Å². The van der Waals surface area contributed by atoms with E-state index >= 15 is 0 Å². The first kappa shape index (κ1) is 15.3. The highest BCUT2D eigenvalue weighted by atomic mass is 16.5. The van der Waals surface area contributed by atoms with Crippen molar-refractivity contribution in [3.05, 3.63) is 53.2 Å². The molecule has 0 radical (unpaired) electrons. The number of hydrogen-bond donors (Lipinski definition) is 3. The minimum Gasteiger partial charge on any atom is -0.497 e. The maximum atomic E-state index is 13.1. The van der Waals surface area contributed by atoms with E-state index in [1.165, 1.54) is 0 Å². The number of benzene rings is 2. The largest absolute Gasteiger partial charge is 0.497 e. The molecule has 0 bridgehead atoms. The predicted molar refractivity (Wildman–Crippen MR) is 99.0 cm³/mol. The summed E-state index contributed by atoms with van der Waals surface area (Å²) in [6, 6.07) is 11.6. The molecule has 0 aliphatic carbocycles. The Morgan fingerprint density at radius 3 is 2.62 bits per heavy atom. The van der Waals surface area contributed by atoms with Gasteiger partial charge >= 0.3 is 0 Å². The Morgan fingerprint density at radius 2 is 1.81 bits per heavy atom. The first-order valence-electron chi connectivity index (χ1n) is 8.61. The number of amides is 1. The molecule has 2 aromatic carbocycles. The number of carbonyl (C=O) groups excluding carboxylic acids is 1. The van der Waals surface area contributed by atoms with Crippen LogP contribution < -0.4 is 20.1 Å². The molecule has 0 saturated carbocycles. The van der Waals surface area contributed by atoms with E-state index in [9.17, 15) is 4.79 Å². The highest BCUT2D eigenvalue weighted by Crippen LogP contribution is 2.46. The van der Waals surface area contributed by atoms with Crippen molar-refractivity contribution in [3.63, 3.8) is 0 Å². The number of methoxy groups -OCH3 is 2. The Bertz CT molecular complexity index is 1060. The van der Waals surface area contributed by atoms with Crippen LogP contribution in [0.3, 0.4) is 0 Å². The highest BCUT2D eigenvalue weighted by molar-refractivity contribution is 6.09. The summed E-state index contributed by atoms with van der Waals surface area (Å²) in [5, 5.41) is 7.58. The number of nitrogens with one attached hydrogen (secondary N) is 3. The quantitative estimate of drug-likeness (QED) is 0.665. The molecule has 1 aromatic heterocycles. The van der Waals surface area contributed by atoms with Gasteiger partial charge in [0.2, 0.25) is 0 Å². The maximum absolute atomic E-state index is 13.1. The van der Waals surface area contributed by atoms with Gasteiger partial charge in [0.25, 0.3) is 5.91 Å². The lowest BCUT2D eigenvalue weighted by Crippen LogP contribution is -2.53. The van der Waals surface area contributed by atoms with Gasteiger partial charge in [0.1, 0.15) is 11.5 Å². The second-order valence-electron chi connectivity index (χ2n) is 6.68. The molecule has 0 unspecified atom stereocenters. The first-order valence-corrected chi connectivity index (χ1v) is 8.61. The Labute approximate surface area is 150 Å². The number of H-pyrrole nitrogens is 1. The van der Waals surface area contributed by atoms with E-state index in [1.54, 1.807) is 14.2 Å². The third kappa shape index (κ3) is 1.82. The molecule has 26 heavy (non-hydrogen) atoms. The lowest BCUT2D eigenvalue weighted by molar-refractivity contribution is -0.120. The van der Waals surface area contributed by atoms with E-state index in [-0.39, 0.29) is 5.91 Å². The van der Waals surface area contributed by atoms with Gasteiger partial charge < -0.3 is 19.8 Å². The zero-order valence-corrected chi connectivity index (χ0v) is 14.6. The molecule has 0 fully saturated rings. The summed E-state index contributed by atoms with van der Waals surface area (Å²) in [6.07, 6.45) is 0.844. The average molecular weight is 349 g/mol. The molecule has 0 saturated heterocycles. The maximum Gasteiger partial charge on any atom is 0.255 e. The molecule has 1 atom stereocenters. The van der Waals surface area contributed by atoms with E-state index in [1.807, 2.05) is 36.4 Å². The minimum absolute atomic E-state index is 0.0692. The fourth-order valence-corrected chi connectivity index (χ4v) is 4.23. The van der Waals surface area contributed by atoms with Crippen molar-refractivity contribution in [2.75, 3.05) is 26.1 Å². The summed E-state index contributed by atoms with van der Waals surface area (Å²) in [5.41, 5.74) is 3.83. The van der Waals surface area contributed by atoms with Gasteiger partial charge in [0.05, 0.1) is 19.9 Å². The highest BCUT2D eigenvalue weighted by Gasteiger charge is 2.52. The van der Waals surface area contributed by atoms with E-state index < -0.39 is 5.54 Å². The number of ether oxygens (including phenoxy) is 2. The van der Waals surface area contributed by atoms with Crippen molar-refractivity contribution in [3.8, 4) is 11.5 Å². The molecule has 1 spiro atoms. The van der Waals surface area contributed by atoms with E-state index in [0.717, 1.165) is 51.3 Å². The number of rotatable bonds is 2. The molecular weight excluding hydrogens is 330 g/mol. The lowest BCUT2D eigenvalue weighted by Gasteiger charge is -2.33. The van der Waals surface area contributed by atoms with Crippen molar-refractivity contribution in [1.82, 2.24) is 10.3 Å². The number of hydrogen-bond acceptors (Lipinski definition) is 4. The SMILES string of the molecule is COc1ccc2c(c1)[C@@]1(NCCc3c1[nH]c1ccc(OC)cc31)C(=O)N2. The van der Waals surface area contributed by atoms with Crippen molar-refractivity contribution < 1.29 is 14.3 Å². The number of aromatic nitrogens is 1. The van der Waals surface area contributed by atoms with Gasteiger partial charge in [0, 0.05) is 28.7 Å². The number of aromatic amines is 1. The Kier molecular flexibility index (Phi) is 3.09. The second kappa shape index (κ2) is 5.25. The molecule has 2 aliphatic rings. The van der Waals surface area contributed by atoms with Gasteiger partial charge in [-0.3, -0.25) is 10.1 Å². The summed E-state index contributed by atoms with van der Waals surface area (Å²) >= 11 is 0. The third-order valence-corrected chi connectivity index (χ3v) is 5.47. The summed E-state index contributed by atoms with van der Waals surface area (Å²) in [7, 11) is 3.30. The number of carbonyl (C=O) groups is 1. The predicted octanol–water partition coefficient (Wildman–Crippen LogP) is 2.53. The Morgan fingerprint density at radius 1 is 1.04 bits per heavy atom. The normalized spacial score (nSPS) is 20.8. The standard InChI is InChI=1S/C20H19N3O3/c1-25-11-3-5-16-14(9-11)13-7-8-21-20(18(13)22-16)15-10-12(26-2)4-6-17(15)23-19(20)24/h3-6,9-10,21-22H,7-8H2,1-2H3,(H,23,24)/t20-/m0/s1. The summed E-state index contributed by atoms with van der Waals surface area (Å²) in [5.74, 6) is 1.47. The topological polar surface area (TPSA) is 75.4 Å². The molecule has 3 N–H and O–H groups in total. The van der Waals surface area contributed by atoms with Crippen LogP contribution in [0.5, 0.6) is 11.5 Å². The number of fused-ring (bicyclic) bond motifs is 6. The Balaban J connectivity index is 1.80. The molecule has 3 aromatic rings. The van der Waals surface area contributed by atoms with E-state index in [0.29, 0.717) is 6.54 Å². The van der Waals surface area contributed by atoms with Gasteiger partial charge in [-0.1, -0.05) is 0 Å². The fourth-order valence-electron chi connectivity index (χ4n) is 4.23. The monoisotopic (exact) mass is 349 g/mol. The third-order valence-electron chi connectivity index (χ3n) is 5.47. The second-order valence-corrected chi connectivity index (χ2v) is 6.68. The molecule has 5 rings (SSSR count). The lowest BCUT2D eigenvalue weighted by atomic mass is 9.82. The van der Waals surface area contributed by atoms with Gasteiger partial charge in [-0.15, -0.1) is 0 Å². The average Bonchev–Trinajstić information content (AvgIpc) is 3.18. The van der Waals surface area contributed by atoms with Gasteiger partial charge in [-0.2, -0.15) is 0 Å². The summed E-state index contributed by atoms with van der Waals surface area (Å²) in [6.45, 7) is 0.710. The van der Waals surface area contributed by atoms with Crippen LogP contribution in [0.2, 0.25) is 0 Å². The zero-order chi connectivity index (χ0) is 17.9. The van der Waals surface area contributed by atoms with Crippen LogP contribution in [0.15, 0.2) is 36.4 Å². The van der Waals surface area contributed by atoms with Crippen molar-refractivity contribution in [2.24, 2.45) is 0 Å². The van der Waals surface area contributed by atoms with Crippen LogP contribution in [0.4, 0.5) is 5.69 Å². The van der Waals surface area contributed by atoms with Crippen LogP contribution in [-0.2, 0) is 16.8 Å². The fraction of sp³-hybridized carbons (Fsp3) is 0.250. The molecule has 132 valence electrons. The molecule has 6 nitrogen and oxygen atoms in total. The van der Waals surface area contributed by atoms with Crippen molar-refractivity contribution >= 4 is 22.5 Å². The van der Waals surface area contributed by atoms with Gasteiger partial charge in [-0.25, -0.2) is 0 Å². The van der Waals surface area contributed by atoms with E-state index in [2.05, 4.69) is 15.6 Å². The van der Waals surface area contributed by atoms with Crippen LogP contribution in [0, 0.1) is 0 Å².